The highest BCUT2D eigenvalue weighted by atomic mass is 16.7. The van der Waals surface area contributed by atoms with E-state index in [1.165, 1.54) is 0 Å². The van der Waals surface area contributed by atoms with E-state index in [9.17, 15) is 0 Å². The molecule has 0 aliphatic carbocycles. The Hall–Kier alpha value is -2.28. The molecule has 0 saturated carbocycles. The molecule has 4 rings (SSSR count). The van der Waals surface area contributed by atoms with Crippen molar-refractivity contribution in [2.75, 3.05) is 20.4 Å². The Labute approximate surface area is 147 Å². The van der Waals surface area contributed by atoms with Gasteiger partial charge in [0.1, 0.15) is 11.6 Å². The molecule has 2 aromatic rings. The molecule has 3 heterocycles. The first-order valence-corrected chi connectivity index (χ1v) is 8.86. The van der Waals surface area contributed by atoms with Crippen molar-refractivity contribution in [3.63, 3.8) is 0 Å². The summed E-state index contributed by atoms with van der Waals surface area (Å²) >= 11 is 0. The van der Waals surface area contributed by atoms with E-state index in [1.54, 1.807) is 7.11 Å². The van der Waals surface area contributed by atoms with Crippen LogP contribution in [0.1, 0.15) is 30.6 Å². The number of rotatable bonds is 6. The lowest BCUT2D eigenvalue weighted by molar-refractivity contribution is 0.171. The van der Waals surface area contributed by atoms with Crippen molar-refractivity contribution in [3.8, 4) is 17.2 Å². The number of nitrogens with zero attached hydrogens (tertiary/aromatic N) is 3. The van der Waals surface area contributed by atoms with Crippen LogP contribution >= 0.6 is 0 Å². The number of aryl methyl sites for hydroxylation is 2. The third-order valence-corrected chi connectivity index (χ3v) is 4.92. The molecular formula is C18H24N4O3. The summed E-state index contributed by atoms with van der Waals surface area (Å²) in [7, 11) is 1.65. The average Bonchev–Trinajstić information content (AvgIpc) is 3.27. The molecule has 0 fully saturated rings. The number of hydrogen-bond donors (Lipinski definition) is 1. The molecule has 0 spiro atoms. The maximum absolute atomic E-state index is 5.49. The smallest absolute Gasteiger partial charge is 0.231 e. The highest BCUT2D eigenvalue weighted by molar-refractivity contribution is 5.55. The second-order valence-corrected chi connectivity index (χ2v) is 6.56. The van der Waals surface area contributed by atoms with Gasteiger partial charge in [-0.05, 0) is 36.6 Å². The normalized spacial score (nSPS) is 18.2. The third kappa shape index (κ3) is 3.16. The van der Waals surface area contributed by atoms with Crippen molar-refractivity contribution >= 4 is 0 Å². The zero-order valence-electron chi connectivity index (χ0n) is 14.7. The number of fused-ring (bicyclic) bond motifs is 2. The van der Waals surface area contributed by atoms with Crippen molar-refractivity contribution in [1.82, 2.24) is 20.1 Å². The molecule has 1 aromatic heterocycles. The van der Waals surface area contributed by atoms with Crippen LogP contribution < -0.4 is 19.5 Å². The first-order valence-electron chi connectivity index (χ1n) is 8.86. The fourth-order valence-electron chi connectivity index (χ4n) is 3.59. The van der Waals surface area contributed by atoms with Crippen LogP contribution in [0.5, 0.6) is 17.2 Å². The molecule has 0 bridgehead atoms. The highest BCUT2D eigenvalue weighted by Gasteiger charge is 2.23. The van der Waals surface area contributed by atoms with Crippen molar-refractivity contribution in [3.05, 3.63) is 29.3 Å². The summed E-state index contributed by atoms with van der Waals surface area (Å²) in [5.41, 5.74) is 1.14. The number of ether oxygens (including phenoxy) is 3. The standard InChI is InChI=1S/C18H24N4O3/c1-3-16-20-21-17-5-4-12(10-22(16)17)8-19-9-13-6-14(23-2)18-15(7-13)24-11-25-18/h6-7,12,19H,3-5,8-11H2,1-2H3. The van der Waals surface area contributed by atoms with Gasteiger partial charge in [-0.1, -0.05) is 6.92 Å². The van der Waals surface area contributed by atoms with Crippen molar-refractivity contribution < 1.29 is 14.2 Å². The fraction of sp³-hybridized carbons (Fsp3) is 0.556. The Bertz CT molecular complexity index is 746. The maximum Gasteiger partial charge on any atom is 0.231 e. The number of hydrogen-bond acceptors (Lipinski definition) is 6. The van der Waals surface area contributed by atoms with Crippen LogP contribution in [0, 0.1) is 5.92 Å². The predicted molar refractivity (Wildman–Crippen MR) is 92.0 cm³/mol. The highest BCUT2D eigenvalue weighted by Crippen LogP contribution is 2.41. The summed E-state index contributed by atoms with van der Waals surface area (Å²) in [4.78, 5) is 0. The number of nitrogens with one attached hydrogen (secondary N) is 1. The summed E-state index contributed by atoms with van der Waals surface area (Å²) in [5, 5.41) is 12.1. The number of aromatic nitrogens is 3. The molecule has 0 radical (unpaired) electrons. The quantitative estimate of drug-likeness (QED) is 0.863. The van der Waals surface area contributed by atoms with Gasteiger partial charge in [-0.3, -0.25) is 0 Å². The Balaban J connectivity index is 1.36. The third-order valence-electron chi connectivity index (χ3n) is 4.92. The lowest BCUT2D eigenvalue weighted by atomic mass is 9.99. The first-order chi connectivity index (χ1) is 12.3. The van der Waals surface area contributed by atoms with Crippen LogP contribution in [-0.2, 0) is 25.9 Å². The predicted octanol–water partition coefficient (Wildman–Crippen LogP) is 1.93. The topological polar surface area (TPSA) is 70.4 Å². The van der Waals surface area contributed by atoms with E-state index >= 15 is 0 Å². The summed E-state index contributed by atoms with van der Waals surface area (Å²) < 4.78 is 18.6. The largest absolute Gasteiger partial charge is 0.493 e. The van der Waals surface area contributed by atoms with Crippen LogP contribution in [0.4, 0.5) is 0 Å². The molecule has 1 unspecified atom stereocenters. The molecule has 7 nitrogen and oxygen atoms in total. The Morgan fingerprint density at radius 3 is 3.08 bits per heavy atom. The van der Waals surface area contributed by atoms with Crippen LogP contribution in [0.25, 0.3) is 0 Å². The van der Waals surface area contributed by atoms with E-state index in [-0.39, 0.29) is 6.79 Å². The molecular weight excluding hydrogens is 320 g/mol. The number of benzene rings is 1. The molecule has 7 heteroatoms. The Morgan fingerprint density at radius 1 is 1.32 bits per heavy atom. The van der Waals surface area contributed by atoms with Crippen LogP contribution in [0.2, 0.25) is 0 Å². The molecule has 0 amide bonds. The van der Waals surface area contributed by atoms with Gasteiger partial charge in [-0.2, -0.15) is 0 Å². The SMILES string of the molecule is CCc1nnc2n1CC(CNCc1cc(OC)c3c(c1)OCO3)CC2. The summed E-state index contributed by atoms with van der Waals surface area (Å²) in [6.07, 6.45) is 3.10. The summed E-state index contributed by atoms with van der Waals surface area (Å²) in [5.74, 6) is 5.02. The maximum atomic E-state index is 5.49. The summed E-state index contributed by atoms with van der Waals surface area (Å²) in [6, 6.07) is 4.03. The second-order valence-electron chi connectivity index (χ2n) is 6.56. The van der Waals surface area contributed by atoms with Gasteiger partial charge in [0.05, 0.1) is 7.11 Å². The first kappa shape index (κ1) is 16.2. The molecule has 1 aromatic carbocycles. The average molecular weight is 344 g/mol. The van der Waals surface area contributed by atoms with Gasteiger partial charge in [0.2, 0.25) is 12.5 Å². The van der Waals surface area contributed by atoms with Gasteiger partial charge in [-0.25, -0.2) is 0 Å². The minimum atomic E-state index is 0.256. The van der Waals surface area contributed by atoms with Crippen LogP contribution in [-0.4, -0.2) is 35.2 Å². The van der Waals surface area contributed by atoms with Crippen molar-refractivity contribution in [2.24, 2.45) is 5.92 Å². The van der Waals surface area contributed by atoms with E-state index in [0.29, 0.717) is 11.7 Å². The molecule has 2 aliphatic rings. The second kappa shape index (κ2) is 6.92. The van der Waals surface area contributed by atoms with Crippen molar-refractivity contribution in [2.45, 2.75) is 39.3 Å². The van der Waals surface area contributed by atoms with E-state index in [2.05, 4.69) is 27.0 Å². The van der Waals surface area contributed by atoms with E-state index in [4.69, 9.17) is 14.2 Å². The number of methoxy groups -OCH3 is 1. The molecule has 25 heavy (non-hydrogen) atoms. The molecule has 134 valence electrons. The molecule has 1 N–H and O–H groups in total. The molecule has 2 aliphatic heterocycles. The fourth-order valence-corrected chi connectivity index (χ4v) is 3.59. The molecule has 0 saturated heterocycles. The van der Waals surface area contributed by atoms with Crippen molar-refractivity contribution in [1.29, 1.82) is 0 Å². The van der Waals surface area contributed by atoms with Gasteiger partial charge in [0, 0.05) is 25.9 Å². The van der Waals surface area contributed by atoms with Gasteiger partial charge < -0.3 is 24.1 Å². The van der Waals surface area contributed by atoms with E-state index in [0.717, 1.165) is 67.6 Å². The molecule has 1 atom stereocenters. The lowest BCUT2D eigenvalue weighted by Crippen LogP contribution is -2.30. The van der Waals surface area contributed by atoms with Gasteiger partial charge in [-0.15, -0.1) is 10.2 Å². The minimum Gasteiger partial charge on any atom is -0.493 e. The van der Waals surface area contributed by atoms with E-state index in [1.807, 2.05) is 12.1 Å². The zero-order valence-corrected chi connectivity index (χ0v) is 14.7. The van der Waals surface area contributed by atoms with Gasteiger partial charge in [0.15, 0.2) is 11.5 Å². The Kier molecular flexibility index (Phi) is 4.48. The zero-order chi connectivity index (χ0) is 17.2. The van der Waals surface area contributed by atoms with Crippen LogP contribution in [0.3, 0.4) is 0 Å². The monoisotopic (exact) mass is 344 g/mol. The van der Waals surface area contributed by atoms with Gasteiger partial charge >= 0.3 is 0 Å². The van der Waals surface area contributed by atoms with E-state index < -0.39 is 0 Å². The lowest BCUT2D eigenvalue weighted by Gasteiger charge is -2.24. The van der Waals surface area contributed by atoms with Crippen LogP contribution in [0.15, 0.2) is 12.1 Å². The summed E-state index contributed by atoms with van der Waals surface area (Å²) in [6.45, 7) is 5.14. The minimum absolute atomic E-state index is 0.256. The Morgan fingerprint density at radius 2 is 2.24 bits per heavy atom. The van der Waals surface area contributed by atoms with Gasteiger partial charge in [0.25, 0.3) is 0 Å².